The highest BCUT2D eigenvalue weighted by molar-refractivity contribution is 5.93. The van der Waals surface area contributed by atoms with Gasteiger partial charge in [-0.2, -0.15) is 0 Å². The lowest BCUT2D eigenvalue weighted by Gasteiger charge is -2.27. The van der Waals surface area contributed by atoms with Crippen molar-refractivity contribution >= 4 is 0 Å². The molecular formula is C53H68O4. The van der Waals surface area contributed by atoms with Crippen molar-refractivity contribution in [2.75, 3.05) is 20.3 Å². The van der Waals surface area contributed by atoms with Crippen molar-refractivity contribution in [3.63, 3.8) is 0 Å². The van der Waals surface area contributed by atoms with Crippen LogP contribution in [0.1, 0.15) is 128 Å². The summed E-state index contributed by atoms with van der Waals surface area (Å²) in [7, 11) is 1.70. The van der Waals surface area contributed by atoms with Gasteiger partial charge in [-0.25, -0.2) is 0 Å². The number of aryl methyl sites for hydroxylation is 3. The number of hydrogen-bond donors (Lipinski definition) is 2. The summed E-state index contributed by atoms with van der Waals surface area (Å²) in [4.78, 5) is 0. The van der Waals surface area contributed by atoms with Gasteiger partial charge in [0.25, 0.3) is 0 Å². The maximum Gasteiger partial charge on any atom is 0.135 e. The number of hydrogen-bond acceptors (Lipinski definition) is 4. The molecule has 4 nitrogen and oxygen atoms in total. The molecule has 0 bridgehead atoms. The Hall–Kier alpha value is -4.54. The quantitative estimate of drug-likeness (QED) is 0.147. The normalized spacial score (nSPS) is 12.6. The van der Waals surface area contributed by atoms with E-state index in [9.17, 15) is 10.2 Å². The van der Waals surface area contributed by atoms with Crippen LogP contribution in [0.2, 0.25) is 0 Å². The van der Waals surface area contributed by atoms with Crippen LogP contribution in [-0.2, 0) is 26.4 Å². The van der Waals surface area contributed by atoms with E-state index in [1.807, 2.05) is 12.1 Å². The highest BCUT2D eigenvalue weighted by Gasteiger charge is 2.27. The Kier molecular flexibility index (Phi) is 12.2. The number of benzene rings is 5. The van der Waals surface area contributed by atoms with Gasteiger partial charge in [-0.1, -0.05) is 119 Å². The van der Waals surface area contributed by atoms with Gasteiger partial charge in [-0.3, -0.25) is 0 Å². The molecule has 0 spiro atoms. The molecule has 0 aliphatic rings. The van der Waals surface area contributed by atoms with Gasteiger partial charge in [0.05, 0.1) is 6.61 Å². The van der Waals surface area contributed by atoms with Crippen molar-refractivity contribution in [3.8, 4) is 61.8 Å². The molecule has 304 valence electrons. The molecule has 4 heteroatoms. The molecule has 2 N–H and O–H groups in total. The van der Waals surface area contributed by atoms with E-state index < -0.39 is 0 Å². The van der Waals surface area contributed by atoms with Gasteiger partial charge >= 0.3 is 0 Å². The molecule has 5 aromatic carbocycles. The minimum atomic E-state index is -0.0794. The Balaban J connectivity index is 1.81. The van der Waals surface area contributed by atoms with Crippen LogP contribution < -0.4 is 4.74 Å². The Morgan fingerprint density at radius 3 is 1.00 bits per heavy atom. The first-order valence-electron chi connectivity index (χ1n) is 20.6. The minimum Gasteiger partial charge on any atom is -0.507 e. The topological polar surface area (TPSA) is 58.9 Å². The number of phenolic OH excluding ortho intramolecular Hbond substituents is 2. The van der Waals surface area contributed by atoms with Crippen LogP contribution >= 0.6 is 0 Å². The minimum absolute atomic E-state index is 0.0794. The van der Waals surface area contributed by atoms with Crippen LogP contribution in [0, 0.1) is 20.8 Å². The summed E-state index contributed by atoms with van der Waals surface area (Å²) in [5.41, 5.74) is 14.1. The van der Waals surface area contributed by atoms with Crippen LogP contribution in [0.25, 0.3) is 44.5 Å². The largest absolute Gasteiger partial charge is 0.507 e. The molecule has 0 atom stereocenters. The zero-order chi connectivity index (χ0) is 42.4. The van der Waals surface area contributed by atoms with Crippen LogP contribution in [0.5, 0.6) is 17.2 Å². The standard InChI is InChI=1S/C53H68O4/c1-32-20-41(35-26-37(50(4,5)6)30-38(27-35)51(7,8)9)47(54)43(22-32)45-24-34(3)25-46(49(45)57-19-17-18-56-16)44-23-33(2)21-42(48(44)55)36-28-39(52(10,11)12)31-40(29-36)53(13,14)15/h20-31,54-55H,17-19H2,1-16H3. The highest BCUT2D eigenvalue weighted by Crippen LogP contribution is 2.50. The zero-order valence-electron chi connectivity index (χ0n) is 37.8. The fourth-order valence-corrected chi connectivity index (χ4v) is 7.41. The molecule has 0 aliphatic carbocycles. The van der Waals surface area contributed by atoms with E-state index >= 15 is 0 Å². The van der Waals surface area contributed by atoms with Gasteiger partial charge < -0.3 is 19.7 Å². The molecule has 0 aromatic heterocycles. The second-order valence-electron chi connectivity index (χ2n) is 20.4. The number of phenols is 2. The van der Waals surface area contributed by atoms with Crippen LogP contribution in [-0.4, -0.2) is 30.5 Å². The molecule has 57 heavy (non-hydrogen) atoms. The molecule has 5 rings (SSSR count). The summed E-state index contributed by atoms with van der Waals surface area (Å²) in [6, 6.07) is 26.0. The lowest BCUT2D eigenvalue weighted by molar-refractivity contribution is 0.172. The third kappa shape index (κ3) is 9.78. The van der Waals surface area contributed by atoms with Crippen molar-refractivity contribution in [2.45, 2.75) is 132 Å². The van der Waals surface area contributed by atoms with E-state index in [-0.39, 0.29) is 33.2 Å². The molecule has 0 fully saturated rings. The van der Waals surface area contributed by atoms with Crippen molar-refractivity contribution in [1.82, 2.24) is 0 Å². The van der Waals surface area contributed by atoms with Gasteiger partial charge in [0.2, 0.25) is 0 Å². The first-order chi connectivity index (χ1) is 26.3. The van der Waals surface area contributed by atoms with E-state index in [2.05, 4.69) is 165 Å². The predicted octanol–water partition coefficient (Wildman–Crippen LogP) is 14.3. The SMILES string of the molecule is COCCCOc1c(-c2cc(C)cc(-c3cc(C(C)(C)C)cc(C(C)(C)C)c3)c2O)cc(C)cc1-c1cc(C)cc(-c2cc(C(C)(C)C)cc(C(C)(C)C)c2)c1O. The summed E-state index contributed by atoms with van der Waals surface area (Å²) in [5, 5.41) is 24.9. The van der Waals surface area contributed by atoms with Gasteiger partial charge in [0, 0.05) is 53.5 Å². The number of rotatable bonds is 9. The molecule has 0 unspecified atom stereocenters. The summed E-state index contributed by atoms with van der Waals surface area (Å²) in [5.74, 6) is 1.02. The monoisotopic (exact) mass is 769 g/mol. The Morgan fingerprint density at radius 2 is 0.702 bits per heavy atom. The second kappa shape index (κ2) is 16.0. The lowest BCUT2D eigenvalue weighted by Crippen LogP contribution is -2.16. The fraction of sp³-hybridized carbons (Fsp3) is 0.434. The van der Waals surface area contributed by atoms with Gasteiger partial charge in [0.15, 0.2) is 0 Å². The molecule has 0 aliphatic heterocycles. The van der Waals surface area contributed by atoms with Crippen molar-refractivity contribution < 1.29 is 19.7 Å². The highest BCUT2D eigenvalue weighted by atomic mass is 16.5. The average Bonchev–Trinajstić information content (AvgIpc) is 3.10. The number of ether oxygens (including phenoxy) is 2. The maximum absolute atomic E-state index is 12.4. The second-order valence-corrected chi connectivity index (χ2v) is 20.4. The first kappa shape index (κ1) is 43.6. The molecular weight excluding hydrogens is 701 g/mol. The molecule has 0 radical (unpaired) electrons. The average molecular weight is 769 g/mol. The van der Waals surface area contributed by atoms with Crippen LogP contribution in [0.15, 0.2) is 72.8 Å². The van der Waals surface area contributed by atoms with Crippen molar-refractivity contribution in [1.29, 1.82) is 0 Å². The molecule has 0 saturated heterocycles. The third-order valence-electron chi connectivity index (χ3n) is 11.0. The zero-order valence-corrected chi connectivity index (χ0v) is 37.8. The number of aromatic hydroxyl groups is 2. The molecule has 5 aromatic rings. The predicted molar refractivity (Wildman–Crippen MR) is 243 cm³/mol. The summed E-state index contributed by atoms with van der Waals surface area (Å²) in [6.07, 6.45) is 0.684. The van der Waals surface area contributed by atoms with E-state index in [0.29, 0.717) is 36.5 Å². The van der Waals surface area contributed by atoms with E-state index in [0.717, 1.165) is 50.1 Å². The Labute approximate surface area is 344 Å². The summed E-state index contributed by atoms with van der Waals surface area (Å²) >= 11 is 0. The summed E-state index contributed by atoms with van der Waals surface area (Å²) < 4.78 is 12.2. The first-order valence-corrected chi connectivity index (χ1v) is 20.6. The van der Waals surface area contributed by atoms with Gasteiger partial charge in [0.1, 0.15) is 17.2 Å². The van der Waals surface area contributed by atoms with E-state index in [4.69, 9.17) is 9.47 Å². The van der Waals surface area contributed by atoms with Crippen molar-refractivity contribution in [2.24, 2.45) is 0 Å². The van der Waals surface area contributed by atoms with Gasteiger partial charge in [-0.05, 0) is 129 Å². The van der Waals surface area contributed by atoms with E-state index in [1.165, 1.54) is 22.3 Å². The van der Waals surface area contributed by atoms with Crippen LogP contribution in [0.3, 0.4) is 0 Å². The molecule has 0 saturated carbocycles. The maximum atomic E-state index is 12.4. The fourth-order valence-electron chi connectivity index (χ4n) is 7.41. The van der Waals surface area contributed by atoms with E-state index in [1.54, 1.807) is 7.11 Å². The summed E-state index contributed by atoms with van der Waals surface area (Å²) in [6.45, 7) is 34.0. The van der Waals surface area contributed by atoms with Gasteiger partial charge in [-0.15, -0.1) is 0 Å². The Bertz CT molecular complexity index is 2050. The third-order valence-corrected chi connectivity index (χ3v) is 11.0. The smallest absolute Gasteiger partial charge is 0.135 e. The number of methoxy groups -OCH3 is 1. The lowest BCUT2D eigenvalue weighted by atomic mass is 9.78. The Morgan fingerprint density at radius 1 is 0.404 bits per heavy atom. The molecule has 0 heterocycles. The van der Waals surface area contributed by atoms with Crippen LogP contribution in [0.4, 0.5) is 0 Å². The van der Waals surface area contributed by atoms with Crippen molar-refractivity contribution in [3.05, 3.63) is 112 Å². The molecule has 0 amide bonds.